The van der Waals surface area contributed by atoms with Crippen molar-refractivity contribution in [3.05, 3.63) is 111 Å². The highest BCUT2D eigenvalue weighted by atomic mass is 16.2. The van der Waals surface area contributed by atoms with Crippen LogP contribution in [0.4, 0.5) is 5.69 Å². The third kappa shape index (κ3) is 4.03. The Hall–Kier alpha value is -3.66. The van der Waals surface area contributed by atoms with Crippen molar-refractivity contribution in [1.29, 1.82) is 0 Å². The first-order valence-corrected chi connectivity index (χ1v) is 9.98. The number of carbonyl (C=O) groups is 1. The van der Waals surface area contributed by atoms with Gasteiger partial charge in [-0.3, -0.25) is 9.59 Å². The molecule has 0 saturated heterocycles. The molecule has 4 heteroatoms. The number of H-pyrrole nitrogens is 1. The summed E-state index contributed by atoms with van der Waals surface area (Å²) in [6.07, 6.45) is 0. The Morgan fingerprint density at radius 1 is 0.800 bits per heavy atom. The van der Waals surface area contributed by atoms with E-state index >= 15 is 0 Å². The van der Waals surface area contributed by atoms with Crippen molar-refractivity contribution in [3.8, 4) is 0 Å². The number of aryl methyl sites for hydroxylation is 3. The van der Waals surface area contributed by atoms with E-state index in [1.54, 1.807) is 4.90 Å². The Balaban J connectivity index is 1.77. The molecule has 0 aliphatic carbocycles. The molecule has 0 unspecified atom stereocenters. The minimum atomic E-state index is -0.179. The second-order valence-electron chi connectivity index (χ2n) is 7.81. The standard InChI is InChI=1S/C26H24N2O2/c1-17-4-9-20(10-5-17)26(30)28(23-12-7-18(2)8-13-23)16-22-15-21-11-6-19(3)14-24(21)27-25(22)29/h4-15H,16H2,1-3H3,(H,27,29). The monoisotopic (exact) mass is 396 g/mol. The molecule has 0 atom stereocenters. The summed E-state index contributed by atoms with van der Waals surface area (Å²) in [5.41, 5.74) is 5.81. The van der Waals surface area contributed by atoms with E-state index in [0.717, 1.165) is 33.3 Å². The number of anilines is 1. The van der Waals surface area contributed by atoms with Gasteiger partial charge in [-0.25, -0.2) is 0 Å². The molecule has 150 valence electrons. The van der Waals surface area contributed by atoms with Crippen molar-refractivity contribution in [2.75, 3.05) is 4.90 Å². The minimum absolute atomic E-state index is 0.137. The molecular formula is C26H24N2O2. The fourth-order valence-corrected chi connectivity index (χ4v) is 3.50. The lowest BCUT2D eigenvalue weighted by atomic mass is 10.1. The summed E-state index contributed by atoms with van der Waals surface area (Å²) < 4.78 is 0. The third-order valence-corrected chi connectivity index (χ3v) is 5.30. The molecule has 0 fully saturated rings. The number of fused-ring (bicyclic) bond motifs is 1. The number of aromatic nitrogens is 1. The van der Waals surface area contributed by atoms with E-state index in [9.17, 15) is 9.59 Å². The Morgan fingerprint density at radius 3 is 2.07 bits per heavy atom. The topological polar surface area (TPSA) is 53.2 Å². The average molecular weight is 396 g/mol. The average Bonchev–Trinajstić information content (AvgIpc) is 2.73. The second kappa shape index (κ2) is 7.99. The summed E-state index contributed by atoms with van der Waals surface area (Å²) >= 11 is 0. The van der Waals surface area contributed by atoms with E-state index in [2.05, 4.69) is 4.98 Å². The third-order valence-electron chi connectivity index (χ3n) is 5.30. The SMILES string of the molecule is Cc1ccc(C(=O)N(Cc2cc3ccc(C)cc3[nH]c2=O)c2ccc(C)cc2)cc1. The maximum atomic E-state index is 13.4. The lowest BCUT2D eigenvalue weighted by molar-refractivity contribution is 0.0985. The van der Waals surface area contributed by atoms with Crippen LogP contribution in [-0.2, 0) is 6.54 Å². The van der Waals surface area contributed by atoms with Crippen LogP contribution in [0.15, 0.2) is 77.6 Å². The Kier molecular flexibility index (Phi) is 5.23. The van der Waals surface area contributed by atoms with Crippen LogP contribution < -0.4 is 10.5 Å². The van der Waals surface area contributed by atoms with Crippen LogP contribution in [0, 0.1) is 20.8 Å². The molecule has 0 aliphatic rings. The number of rotatable bonds is 4. The molecular weight excluding hydrogens is 372 g/mol. The molecule has 0 aliphatic heterocycles. The zero-order valence-corrected chi connectivity index (χ0v) is 17.4. The van der Waals surface area contributed by atoms with Crippen LogP contribution in [0.1, 0.15) is 32.6 Å². The first kappa shape index (κ1) is 19.6. The highest BCUT2D eigenvalue weighted by Crippen LogP contribution is 2.22. The summed E-state index contributed by atoms with van der Waals surface area (Å²) in [5, 5.41) is 0.946. The number of amides is 1. The van der Waals surface area contributed by atoms with E-state index in [4.69, 9.17) is 0 Å². The number of benzene rings is 3. The quantitative estimate of drug-likeness (QED) is 0.509. The number of nitrogens with zero attached hydrogens (tertiary/aromatic N) is 1. The van der Waals surface area contributed by atoms with Crippen LogP contribution in [0.5, 0.6) is 0 Å². The predicted octanol–water partition coefficient (Wildman–Crippen LogP) is 5.30. The maximum absolute atomic E-state index is 13.4. The molecule has 0 radical (unpaired) electrons. The first-order valence-electron chi connectivity index (χ1n) is 9.98. The zero-order chi connectivity index (χ0) is 21.3. The van der Waals surface area contributed by atoms with Gasteiger partial charge in [0.1, 0.15) is 0 Å². The molecule has 1 N–H and O–H groups in total. The highest BCUT2D eigenvalue weighted by Gasteiger charge is 2.20. The highest BCUT2D eigenvalue weighted by molar-refractivity contribution is 6.06. The van der Waals surface area contributed by atoms with Crippen LogP contribution >= 0.6 is 0 Å². The van der Waals surface area contributed by atoms with E-state index in [1.165, 1.54) is 0 Å². The maximum Gasteiger partial charge on any atom is 0.258 e. The summed E-state index contributed by atoms with van der Waals surface area (Å²) in [6.45, 7) is 6.17. The number of pyridine rings is 1. The molecule has 0 saturated carbocycles. The Labute approximate surface area is 175 Å². The zero-order valence-electron chi connectivity index (χ0n) is 17.4. The number of nitrogens with one attached hydrogen (secondary N) is 1. The van der Waals surface area contributed by atoms with Gasteiger partial charge in [-0.1, -0.05) is 47.5 Å². The summed E-state index contributed by atoms with van der Waals surface area (Å²) in [5.74, 6) is -0.137. The van der Waals surface area contributed by atoms with Gasteiger partial charge in [-0.05, 0) is 68.1 Å². The molecule has 4 aromatic rings. The van der Waals surface area contributed by atoms with Gasteiger partial charge in [0, 0.05) is 22.3 Å². The number of hydrogen-bond acceptors (Lipinski definition) is 2. The molecule has 1 heterocycles. The first-order chi connectivity index (χ1) is 14.4. The summed E-state index contributed by atoms with van der Waals surface area (Å²) in [7, 11) is 0. The van der Waals surface area contributed by atoms with Gasteiger partial charge in [0.05, 0.1) is 6.54 Å². The predicted molar refractivity (Wildman–Crippen MR) is 122 cm³/mol. The van der Waals surface area contributed by atoms with Crippen molar-refractivity contribution in [1.82, 2.24) is 4.98 Å². The molecule has 0 bridgehead atoms. The Bertz CT molecular complexity index is 1270. The second-order valence-corrected chi connectivity index (χ2v) is 7.81. The lowest BCUT2D eigenvalue weighted by Crippen LogP contribution is -2.32. The molecule has 3 aromatic carbocycles. The van der Waals surface area contributed by atoms with Gasteiger partial charge in [-0.15, -0.1) is 0 Å². The van der Waals surface area contributed by atoms with Gasteiger partial charge >= 0.3 is 0 Å². The van der Waals surface area contributed by atoms with Crippen molar-refractivity contribution < 1.29 is 4.79 Å². The normalized spacial score (nSPS) is 10.9. The molecule has 4 rings (SSSR count). The molecule has 0 spiro atoms. The molecule has 1 amide bonds. The molecule has 4 nitrogen and oxygen atoms in total. The van der Waals surface area contributed by atoms with E-state index in [1.807, 2.05) is 93.6 Å². The van der Waals surface area contributed by atoms with E-state index < -0.39 is 0 Å². The fraction of sp³-hybridized carbons (Fsp3) is 0.154. The van der Waals surface area contributed by atoms with Crippen LogP contribution in [0.3, 0.4) is 0 Å². The van der Waals surface area contributed by atoms with Gasteiger partial charge in [0.2, 0.25) is 0 Å². The van der Waals surface area contributed by atoms with Gasteiger partial charge in [-0.2, -0.15) is 0 Å². The van der Waals surface area contributed by atoms with E-state index in [0.29, 0.717) is 11.1 Å². The van der Waals surface area contributed by atoms with Crippen LogP contribution in [0.2, 0.25) is 0 Å². The number of hydrogen-bond donors (Lipinski definition) is 1. The van der Waals surface area contributed by atoms with Crippen LogP contribution in [0.25, 0.3) is 10.9 Å². The molecule has 30 heavy (non-hydrogen) atoms. The fourth-order valence-electron chi connectivity index (χ4n) is 3.50. The van der Waals surface area contributed by atoms with Gasteiger partial charge in [0.25, 0.3) is 11.5 Å². The number of carbonyl (C=O) groups excluding carboxylic acids is 1. The van der Waals surface area contributed by atoms with Crippen molar-refractivity contribution in [3.63, 3.8) is 0 Å². The van der Waals surface area contributed by atoms with Gasteiger partial charge in [0.15, 0.2) is 0 Å². The number of aromatic amines is 1. The van der Waals surface area contributed by atoms with E-state index in [-0.39, 0.29) is 18.0 Å². The molecule has 1 aromatic heterocycles. The Morgan fingerprint density at radius 2 is 1.40 bits per heavy atom. The summed E-state index contributed by atoms with van der Waals surface area (Å²) in [6, 6.07) is 23.1. The van der Waals surface area contributed by atoms with Crippen molar-refractivity contribution >= 4 is 22.5 Å². The van der Waals surface area contributed by atoms with Crippen LogP contribution in [-0.4, -0.2) is 10.9 Å². The summed E-state index contributed by atoms with van der Waals surface area (Å²) in [4.78, 5) is 30.8. The van der Waals surface area contributed by atoms with Crippen molar-refractivity contribution in [2.45, 2.75) is 27.3 Å². The minimum Gasteiger partial charge on any atom is -0.322 e. The lowest BCUT2D eigenvalue weighted by Gasteiger charge is -2.23. The van der Waals surface area contributed by atoms with Crippen molar-refractivity contribution in [2.24, 2.45) is 0 Å². The van der Waals surface area contributed by atoms with Gasteiger partial charge < -0.3 is 9.88 Å². The smallest absolute Gasteiger partial charge is 0.258 e. The largest absolute Gasteiger partial charge is 0.322 e.